The van der Waals surface area contributed by atoms with E-state index in [1.54, 1.807) is 0 Å². The van der Waals surface area contributed by atoms with Crippen molar-refractivity contribution in [3.63, 3.8) is 0 Å². The first-order valence-electron chi connectivity index (χ1n) is 6.38. The predicted molar refractivity (Wildman–Crippen MR) is 80.5 cm³/mol. The summed E-state index contributed by atoms with van der Waals surface area (Å²) in [5, 5.41) is 8.66. The Hall–Kier alpha value is -1.19. The summed E-state index contributed by atoms with van der Waals surface area (Å²) < 4.78 is 36.2. The van der Waals surface area contributed by atoms with Crippen molar-refractivity contribution in [3.05, 3.63) is 29.8 Å². The molecule has 20 heavy (non-hydrogen) atoms. The third kappa shape index (κ3) is 4.43. The minimum atomic E-state index is -3.44. The SMILES string of the molecule is CC(C)C(C)S(=O)CCS(=O)(=O)c1ccc(C#N)cc1. The zero-order chi connectivity index (χ0) is 15.3. The number of benzene rings is 1. The molecule has 1 aromatic carbocycles. The molecule has 6 heteroatoms. The maximum absolute atomic E-state index is 12.1. The monoisotopic (exact) mass is 313 g/mol. The van der Waals surface area contributed by atoms with E-state index in [2.05, 4.69) is 0 Å². The van der Waals surface area contributed by atoms with Crippen molar-refractivity contribution in [1.82, 2.24) is 0 Å². The van der Waals surface area contributed by atoms with Gasteiger partial charge in [-0.1, -0.05) is 20.8 Å². The number of nitrogens with zero attached hydrogens (tertiary/aromatic N) is 1. The van der Waals surface area contributed by atoms with Gasteiger partial charge in [0.05, 0.1) is 22.3 Å². The first kappa shape index (κ1) is 16.9. The molecule has 0 saturated carbocycles. The molecule has 0 aromatic heterocycles. The van der Waals surface area contributed by atoms with E-state index < -0.39 is 20.6 Å². The topological polar surface area (TPSA) is 75.0 Å². The Morgan fingerprint density at radius 2 is 1.75 bits per heavy atom. The molecule has 0 heterocycles. The molecule has 0 spiro atoms. The van der Waals surface area contributed by atoms with Gasteiger partial charge >= 0.3 is 0 Å². The molecule has 1 rings (SSSR count). The molecule has 0 aliphatic carbocycles. The number of rotatable bonds is 6. The minimum Gasteiger partial charge on any atom is -0.259 e. The Morgan fingerprint density at radius 3 is 2.20 bits per heavy atom. The molecular formula is C14H19NO3S2. The van der Waals surface area contributed by atoms with Gasteiger partial charge in [-0.15, -0.1) is 0 Å². The lowest BCUT2D eigenvalue weighted by Gasteiger charge is -2.14. The van der Waals surface area contributed by atoms with Gasteiger partial charge in [-0.2, -0.15) is 5.26 Å². The molecule has 0 bridgehead atoms. The van der Waals surface area contributed by atoms with Crippen molar-refractivity contribution < 1.29 is 12.6 Å². The van der Waals surface area contributed by atoms with Crippen LogP contribution in [0.3, 0.4) is 0 Å². The van der Waals surface area contributed by atoms with Crippen LogP contribution in [0.4, 0.5) is 0 Å². The summed E-state index contributed by atoms with van der Waals surface area (Å²) >= 11 is 0. The summed E-state index contributed by atoms with van der Waals surface area (Å²) in [5.74, 6) is 0.262. The predicted octanol–water partition coefficient (Wildman–Crippen LogP) is 2.13. The highest BCUT2D eigenvalue weighted by Gasteiger charge is 2.20. The van der Waals surface area contributed by atoms with Crippen molar-refractivity contribution in [2.24, 2.45) is 5.92 Å². The summed E-state index contributed by atoms with van der Waals surface area (Å²) in [6.07, 6.45) is 0. The van der Waals surface area contributed by atoms with Crippen LogP contribution in [0.2, 0.25) is 0 Å². The fourth-order valence-corrected chi connectivity index (χ4v) is 4.84. The summed E-state index contributed by atoms with van der Waals surface area (Å²) in [7, 11) is -4.59. The molecule has 0 saturated heterocycles. The molecule has 0 radical (unpaired) electrons. The Kier molecular flexibility index (Phi) is 5.90. The molecule has 110 valence electrons. The van der Waals surface area contributed by atoms with Crippen molar-refractivity contribution in [2.75, 3.05) is 11.5 Å². The molecule has 4 nitrogen and oxygen atoms in total. The molecule has 0 amide bonds. The second-order valence-electron chi connectivity index (χ2n) is 4.99. The van der Waals surface area contributed by atoms with Crippen molar-refractivity contribution >= 4 is 20.6 Å². The van der Waals surface area contributed by atoms with Gasteiger partial charge in [-0.3, -0.25) is 4.21 Å². The van der Waals surface area contributed by atoms with Crippen LogP contribution < -0.4 is 0 Å². The van der Waals surface area contributed by atoms with E-state index in [1.165, 1.54) is 24.3 Å². The second kappa shape index (κ2) is 7.00. The zero-order valence-corrected chi connectivity index (χ0v) is 13.5. The van der Waals surface area contributed by atoms with Gasteiger partial charge in [0.15, 0.2) is 9.84 Å². The standard InChI is InChI=1S/C14H19NO3S2/c1-11(2)12(3)19(16)8-9-20(17,18)14-6-4-13(10-15)5-7-14/h4-7,11-12H,8-9H2,1-3H3. The van der Waals surface area contributed by atoms with Gasteiger partial charge < -0.3 is 0 Å². The molecule has 0 N–H and O–H groups in total. The quantitative estimate of drug-likeness (QED) is 0.806. The van der Waals surface area contributed by atoms with Crippen LogP contribution in [0, 0.1) is 17.2 Å². The highest BCUT2D eigenvalue weighted by molar-refractivity contribution is 7.93. The Labute approximate surface area is 123 Å². The lowest BCUT2D eigenvalue weighted by Crippen LogP contribution is -2.24. The van der Waals surface area contributed by atoms with Crippen LogP contribution in [0.15, 0.2) is 29.2 Å². The third-order valence-electron chi connectivity index (χ3n) is 3.25. The van der Waals surface area contributed by atoms with Crippen LogP contribution in [-0.2, 0) is 20.6 Å². The van der Waals surface area contributed by atoms with Crippen LogP contribution in [-0.4, -0.2) is 29.4 Å². The Bertz CT molecular complexity index is 613. The minimum absolute atomic E-state index is 0.0221. The lowest BCUT2D eigenvalue weighted by atomic mass is 10.2. The van der Waals surface area contributed by atoms with E-state index in [0.717, 1.165) is 0 Å². The molecule has 0 fully saturated rings. The summed E-state index contributed by atoms with van der Waals surface area (Å²) in [6.45, 7) is 5.81. The van der Waals surface area contributed by atoms with E-state index in [-0.39, 0.29) is 27.6 Å². The maximum Gasteiger partial charge on any atom is 0.179 e. The molecule has 2 atom stereocenters. The van der Waals surface area contributed by atoms with E-state index in [4.69, 9.17) is 5.26 Å². The van der Waals surface area contributed by atoms with Crippen molar-refractivity contribution in [3.8, 4) is 6.07 Å². The number of hydrogen-bond acceptors (Lipinski definition) is 4. The summed E-state index contributed by atoms with van der Waals surface area (Å²) in [4.78, 5) is 0.172. The first-order chi connectivity index (χ1) is 9.27. The van der Waals surface area contributed by atoms with Gasteiger partial charge in [0.1, 0.15) is 0 Å². The second-order valence-corrected chi connectivity index (χ2v) is 9.01. The van der Waals surface area contributed by atoms with E-state index in [0.29, 0.717) is 5.56 Å². The Morgan fingerprint density at radius 1 is 1.20 bits per heavy atom. The average molecular weight is 313 g/mol. The zero-order valence-electron chi connectivity index (χ0n) is 11.9. The number of nitriles is 1. The third-order valence-corrected chi connectivity index (χ3v) is 7.22. The largest absolute Gasteiger partial charge is 0.259 e. The van der Waals surface area contributed by atoms with Crippen molar-refractivity contribution in [1.29, 1.82) is 5.26 Å². The van der Waals surface area contributed by atoms with Crippen molar-refractivity contribution in [2.45, 2.75) is 30.9 Å². The molecule has 0 aliphatic rings. The normalized spacial score (nSPS) is 14.8. The smallest absolute Gasteiger partial charge is 0.179 e. The van der Waals surface area contributed by atoms with Gasteiger partial charge in [0, 0.05) is 21.8 Å². The lowest BCUT2D eigenvalue weighted by molar-refractivity contribution is 0.593. The highest BCUT2D eigenvalue weighted by atomic mass is 32.2. The Balaban J connectivity index is 2.75. The fourth-order valence-electron chi connectivity index (χ4n) is 1.54. The van der Waals surface area contributed by atoms with E-state index >= 15 is 0 Å². The van der Waals surface area contributed by atoms with Crippen LogP contribution >= 0.6 is 0 Å². The van der Waals surface area contributed by atoms with E-state index in [1.807, 2.05) is 26.8 Å². The van der Waals surface area contributed by atoms with E-state index in [9.17, 15) is 12.6 Å². The summed E-state index contributed by atoms with van der Waals surface area (Å²) in [5.41, 5.74) is 0.418. The maximum atomic E-state index is 12.1. The van der Waals surface area contributed by atoms with Gasteiger partial charge in [0.25, 0.3) is 0 Å². The number of sulfone groups is 1. The van der Waals surface area contributed by atoms with Gasteiger partial charge in [-0.25, -0.2) is 8.42 Å². The highest BCUT2D eigenvalue weighted by Crippen LogP contribution is 2.14. The van der Waals surface area contributed by atoms with Gasteiger partial charge in [-0.05, 0) is 30.2 Å². The molecule has 2 unspecified atom stereocenters. The molecule has 0 aliphatic heterocycles. The van der Waals surface area contributed by atoms with Crippen LogP contribution in [0.25, 0.3) is 0 Å². The van der Waals surface area contributed by atoms with Gasteiger partial charge in [0.2, 0.25) is 0 Å². The molecule has 1 aromatic rings. The van der Waals surface area contributed by atoms with Crippen LogP contribution in [0.1, 0.15) is 26.3 Å². The molecular weight excluding hydrogens is 294 g/mol. The average Bonchev–Trinajstić information content (AvgIpc) is 2.44. The summed E-state index contributed by atoms with van der Waals surface area (Å²) in [6, 6.07) is 7.72. The fraction of sp³-hybridized carbons (Fsp3) is 0.500. The van der Waals surface area contributed by atoms with Crippen LogP contribution in [0.5, 0.6) is 0 Å². The number of hydrogen-bond donors (Lipinski definition) is 0. The first-order valence-corrected chi connectivity index (χ1v) is 9.41.